The van der Waals surface area contributed by atoms with Crippen molar-refractivity contribution in [2.45, 2.75) is 113 Å². The number of fused-ring (bicyclic) bond motifs is 3. The SMILES string of the molecule is CC(C)n1c(O[C@@H]2C[C@H]3C(=O)N[C@]4(C(=O)NS(=O)(=O)C5(C)CC5)C[C@@H]4/C=C\CCCCC[C@H](Nc4ccccc4)C(=O)N3C2)nc2c(-c3cccc(F)c3)cccc21. The van der Waals surface area contributed by atoms with E-state index in [1.807, 2.05) is 85.2 Å². The highest BCUT2D eigenvalue weighted by Gasteiger charge is 2.63. The molecule has 14 heteroatoms. The van der Waals surface area contributed by atoms with Gasteiger partial charge in [-0.1, -0.05) is 67.5 Å². The van der Waals surface area contributed by atoms with Crippen LogP contribution >= 0.6 is 0 Å². The van der Waals surface area contributed by atoms with Crippen LogP contribution in [0.1, 0.15) is 84.6 Å². The summed E-state index contributed by atoms with van der Waals surface area (Å²) >= 11 is 0. The number of rotatable bonds is 9. The Balaban J connectivity index is 1.13. The first kappa shape index (κ1) is 39.6. The number of anilines is 1. The van der Waals surface area contributed by atoms with Crippen molar-refractivity contribution in [3.8, 4) is 17.1 Å². The monoisotopic (exact) mass is 810 g/mol. The maximum absolute atomic E-state index is 14.8. The molecule has 12 nitrogen and oxygen atoms in total. The molecule has 3 fully saturated rings. The van der Waals surface area contributed by atoms with Crippen molar-refractivity contribution in [3.05, 3.63) is 90.8 Å². The lowest BCUT2D eigenvalue weighted by atomic mass is 10.0. The zero-order valence-corrected chi connectivity index (χ0v) is 33.9. The van der Waals surface area contributed by atoms with Crippen LogP contribution in [0.15, 0.2) is 84.9 Å². The first-order chi connectivity index (χ1) is 27.8. The van der Waals surface area contributed by atoms with Crippen LogP contribution in [0.25, 0.3) is 22.2 Å². The lowest BCUT2D eigenvalue weighted by Gasteiger charge is -2.30. The number of aromatic nitrogens is 2. The molecule has 3 N–H and O–H groups in total. The first-order valence-electron chi connectivity index (χ1n) is 20.4. The van der Waals surface area contributed by atoms with Gasteiger partial charge in [0, 0.05) is 29.6 Å². The Morgan fingerprint density at radius 3 is 2.53 bits per heavy atom. The van der Waals surface area contributed by atoms with Gasteiger partial charge in [0.15, 0.2) is 0 Å². The Hall–Kier alpha value is -5.24. The second kappa shape index (κ2) is 15.5. The third-order valence-corrected chi connectivity index (χ3v) is 14.4. The van der Waals surface area contributed by atoms with Gasteiger partial charge in [-0.2, -0.15) is 4.98 Å². The van der Waals surface area contributed by atoms with Gasteiger partial charge in [-0.25, -0.2) is 12.8 Å². The number of imidazole rings is 1. The minimum Gasteiger partial charge on any atom is -0.459 e. The van der Waals surface area contributed by atoms with E-state index in [4.69, 9.17) is 9.72 Å². The number of sulfonamides is 1. The van der Waals surface area contributed by atoms with E-state index in [9.17, 15) is 27.2 Å². The van der Waals surface area contributed by atoms with Crippen molar-refractivity contribution in [2.75, 3.05) is 11.9 Å². The zero-order chi connectivity index (χ0) is 40.8. The highest BCUT2D eigenvalue weighted by atomic mass is 32.2. The van der Waals surface area contributed by atoms with Crippen LogP contribution in [-0.4, -0.2) is 75.6 Å². The van der Waals surface area contributed by atoms with Crippen LogP contribution in [0.5, 0.6) is 6.01 Å². The number of benzene rings is 3. The van der Waals surface area contributed by atoms with Gasteiger partial charge in [-0.05, 0) is 95.2 Å². The third-order valence-electron chi connectivity index (χ3n) is 12.2. The minimum atomic E-state index is -3.98. The molecule has 0 bridgehead atoms. The Bertz CT molecular complexity index is 2360. The molecule has 4 aromatic rings. The minimum absolute atomic E-state index is 0.0667. The van der Waals surface area contributed by atoms with Crippen LogP contribution in [0, 0.1) is 11.7 Å². The Labute approximate surface area is 338 Å². The van der Waals surface area contributed by atoms with Crippen molar-refractivity contribution >= 4 is 44.5 Å². The summed E-state index contributed by atoms with van der Waals surface area (Å²) in [6.07, 6.45) is 8.27. The van der Waals surface area contributed by atoms with E-state index in [-0.39, 0.29) is 37.2 Å². The van der Waals surface area contributed by atoms with Gasteiger partial charge < -0.3 is 20.3 Å². The van der Waals surface area contributed by atoms with Crippen molar-refractivity contribution in [2.24, 2.45) is 5.92 Å². The summed E-state index contributed by atoms with van der Waals surface area (Å²) in [6, 6.07) is 20.1. The van der Waals surface area contributed by atoms with Crippen LogP contribution in [-0.2, 0) is 24.4 Å². The molecule has 2 aliphatic carbocycles. The molecule has 0 spiro atoms. The first-order valence-corrected chi connectivity index (χ1v) is 21.9. The lowest BCUT2D eigenvalue weighted by molar-refractivity contribution is -0.140. The Morgan fingerprint density at radius 2 is 1.79 bits per heavy atom. The molecule has 3 amide bonds. The van der Waals surface area contributed by atoms with Crippen LogP contribution in [0.4, 0.5) is 10.1 Å². The predicted molar refractivity (Wildman–Crippen MR) is 220 cm³/mol. The number of amides is 3. The van der Waals surface area contributed by atoms with E-state index in [1.165, 1.54) is 12.1 Å². The molecule has 4 aliphatic rings. The molecule has 8 rings (SSSR count). The molecule has 0 unspecified atom stereocenters. The normalized spacial score (nSPS) is 26.5. The van der Waals surface area contributed by atoms with Crippen LogP contribution in [0.3, 0.4) is 0 Å². The van der Waals surface area contributed by atoms with E-state index >= 15 is 0 Å². The van der Waals surface area contributed by atoms with Crippen LogP contribution < -0.4 is 20.1 Å². The van der Waals surface area contributed by atoms with E-state index in [0.29, 0.717) is 36.4 Å². The number of allylic oxidation sites excluding steroid dienone is 1. The summed E-state index contributed by atoms with van der Waals surface area (Å²) < 4.78 is 50.7. The zero-order valence-electron chi connectivity index (χ0n) is 33.1. The van der Waals surface area contributed by atoms with Crippen molar-refractivity contribution in [1.29, 1.82) is 0 Å². The summed E-state index contributed by atoms with van der Waals surface area (Å²) in [6.45, 7) is 5.69. The van der Waals surface area contributed by atoms with Gasteiger partial charge in [-0.15, -0.1) is 0 Å². The summed E-state index contributed by atoms with van der Waals surface area (Å²) in [5, 5.41) is 6.38. The Kier molecular flexibility index (Phi) is 10.6. The summed E-state index contributed by atoms with van der Waals surface area (Å²) in [5.74, 6) is -2.37. The number of para-hydroxylation sites is 2. The molecular formula is C44H51FN6O6S. The molecule has 1 aromatic heterocycles. The van der Waals surface area contributed by atoms with Gasteiger partial charge in [-0.3, -0.25) is 23.7 Å². The molecule has 3 heterocycles. The van der Waals surface area contributed by atoms with Gasteiger partial charge in [0.05, 0.1) is 16.8 Å². The number of ether oxygens (including phenoxy) is 1. The number of hydrogen-bond donors (Lipinski definition) is 3. The fraction of sp³-hybridized carbons (Fsp3) is 0.455. The highest BCUT2D eigenvalue weighted by Crippen LogP contribution is 2.47. The molecule has 3 aromatic carbocycles. The average molecular weight is 811 g/mol. The highest BCUT2D eigenvalue weighted by molar-refractivity contribution is 7.91. The predicted octanol–water partition coefficient (Wildman–Crippen LogP) is 6.65. The lowest BCUT2D eigenvalue weighted by Crippen LogP contribution is -2.58. The topological polar surface area (TPSA) is 152 Å². The van der Waals surface area contributed by atoms with Crippen molar-refractivity contribution in [1.82, 2.24) is 24.5 Å². The smallest absolute Gasteiger partial charge is 0.297 e. The van der Waals surface area contributed by atoms with Gasteiger partial charge in [0.25, 0.3) is 11.9 Å². The maximum atomic E-state index is 14.8. The second-order valence-electron chi connectivity index (χ2n) is 16.8. The Morgan fingerprint density at radius 1 is 1.02 bits per heavy atom. The molecule has 2 aliphatic heterocycles. The van der Waals surface area contributed by atoms with Gasteiger partial charge in [0.2, 0.25) is 21.8 Å². The second-order valence-corrected chi connectivity index (χ2v) is 19.0. The number of carbonyl (C=O) groups excluding carboxylic acids is 3. The van der Waals surface area contributed by atoms with Gasteiger partial charge >= 0.3 is 0 Å². The van der Waals surface area contributed by atoms with Crippen molar-refractivity contribution in [3.63, 3.8) is 0 Å². The van der Waals surface area contributed by atoms with Crippen molar-refractivity contribution < 1.29 is 31.9 Å². The molecule has 58 heavy (non-hydrogen) atoms. The molecule has 5 atom stereocenters. The fourth-order valence-corrected chi connectivity index (χ4v) is 9.71. The van der Waals surface area contributed by atoms with E-state index in [2.05, 4.69) is 15.4 Å². The van der Waals surface area contributed by atoms with Gasteiger partial charge in [0.1, 0.15) is 35.1 Å². The molecule has 2 saturated carbocycles. The standard InChI is InChI=1S/C44H51FN6O6S/c1-28(2)51-36-21-13-19-34(29-14-12-16-31(45)24-29)38(36)47-42(51)57-33-25-37-39(52)48-44(41(54)49-58(55,56)43(3)22-23-43)26-30(44)15-8-5-4-6-11-20-35(40(53)50(37)27-33)46-32-17-9-7-10-18-32/h7-10,12-19,21,24,28,30,33,35,37,46H,4-6,11,20,22-23,25-27H2,1-3H3,(H,48,52)(H,49,54)/b15-8-/t30-,33+,35-,37-,44+/m0/s1. The average Bonchev–Trinajstić information content (AvgIpc) is 4.01. The maximum Gasteiger partial charge on any atom is 0.297 e. The number of halogens is 1. The summed E-state index contributed by atoms with van der Waals surface area (Å²) in [5.41, 5.74) is 2.11. The molecule has 306 valence electrons. The van der Waals surface area contributed by atoms with E-state index < -0.39 is 56.2 Å². The number of carbonyl (C=O) groups is 3. The summed E-state index contributed by atoms with van der Waals surface area (Å²) in [7, 11) is -3.98. The van der Waals surface area contributed by atoms with E-state index in [0.717, 1.165) is 42.5 Å². The largest absolute Gasteiger partial charge is 0.459 e. The summed E-state index contributed by atoms with van der Waals surface area (Å²) in [4.78, 5) is 49.8. The molecule has 0 radical (unpaired) electrons. The number of nitrogens with zero attached hydrogens (tertiary/aromatic N) is 3. The third kappa shape index (κ3) is 7.70. The quantitative estimate of drug-likeness (QED) is 0.159. The number of nitrogens with one attached hydrogen (secondary N) is 3. The number of hydrogen-bond acceptors (Lipinski definition) is 8. The fourth-order valence-electron chi connectivity index (χ4n) is 8.40. The van der Waals surface area contributed by atoms with Crippen LogP contribution in [0.2, 0.25) is 0 Å². The molecule has 1 saturated heterocycles. The van der Waals surface area contributed by atoms with E-state index in [1.54, 1.807) is 17.9 Å². The molecular weight excluding hydrogens is 760 g/mol.